The predicted octanol–water partition coefficient (Wildman–Crippen LogP) is 3.33. The number of pyridine rings is 2. The van der Waals surface area contributed by atoms with Crippen molar-refractivity contribution in [1.82, 2.24) is 25.0 Å². The second-order valence-electron chi connectivity index (χ2n) is 6.23. The second-order valence-corrected chi connectivity index (χ2v) is 6.67. The lowest BCUT2D eigenvalue weighted by Gasteiger charge is -2.15. The van der Waals surface area contributed by atoms with Gasteiger partial charge < -0.3 is 10.1 Å². The minimum absolute atomic E-state index is 0.0382. The Hall–Kier alpha value is -3.60. The lowest BCUT2D eigenvalue weighted by molar-refractivity contribution is -0.114. The molecule has 30 heavy (non-hydrogen) atoms. The molecule has 0 radical (unpaired) electrons. The molecule has 0 aliphatic heterocycles. The van der Waals surface area contributed by atoms with Gasteiger partial charge in [-0.05, 0) is 25.1 Å². The molecule has 3 rings (SSSR count). The maximum absolute atomic E-state index is 13.9. The number of hydrogen-bond donors (Lipinski definition) is 2. The fraction of sp³-hybridized carbons (Fsp3) is 0.222. The third-order valence-corrected chi connectivity index (χ3v) is 4.14. The minimum atomic E-state index is -0.948. The van der Waals surface area contributed by atoms with E-state index in [1.165, 1.54) is 30.8 Å². The normalized spacial score (nSPS) is 11.6. The number of halogens is 2. The Bertz CT molecular complexity index is 1090. The number of ether oxygens (including phenoxy) is 1. The average molecular weight is 434 g/mol. The first-order valence-corrected chi connectivity index (χ1v) is 9.04. The number of amides is 2. The van der Waals surface area contributed by atoms with Crippen molar-refractivity contribution in [2.75, 3.05) is 10.6 Å². The van der Waals surface area contributed by atoms with Crippen molar-refractivity contribution in [1.29, 1.82) is 0 Å². The first kappa shape index (κ1) is 21.1. The van der Waals surface area contributed by atoms with Crippen LogP contribution in [0.25, 0.3) is 11.4 Å². The van der Waals surface area contributed by atoms with Crippen molar-refractivity contribution in [3.63, 3.8) is 0 Å². The van der Waals surface area contributed by atoms with E-state index < -0.39 is 18.1 Å². The molecule has 12 heteroatoms. The third-order valence-electron chi connectivity index (χ3n) is 3.93. The van der Waals surface area contributed by atoms with E-state index in [-0.39, 0.29) is 28.0 Å². The van der Waals surface area contributed by atoms with Gasteiger partial charge in [-0.2, -0.15) is 4.39 Å². The van der Waals surface area contributed by atoms with Crippen LogP contribution in [-0.2, 0) is 16.6 Å². The molecule has 0 saturated heterocycles. The van der Waals surface area contributed by atoms with Crippen LogP contribution in [0.3, 0.4) is 0 Å². The van der Waals surface area contributed by atoms with Gasteiger partial charge in [0.15, 0.2) is 11.5 Å². The van der Waals surface area contributed by atoms with Gasteiger partial charge in [0.1, 0.15) is 6.10 Å². The molecular weight excluding hydrogens is 417 g/mol. The van der Waals surface area contributed by atoms with E-state index >= 15 is 0 Å². The Balaban J connectivity index is 1.75. The minimum Gasteiger partial charge on any atom is -0.441 e. The summed E-state index contributed by atoms with van der Waals surface area (Å²) in [5.74, 6) is -0.794. The van der Waals surface area contributed by atoms with E-state index in [0.29, 0.717) is 11.4 Å². The number of nitrogens with zero attached hydrogens (tertiary/aromatic N) is 5. The molecule has 0 fully saturated rings. The summed E-state index contributed by atoms with van der Waals surface area (Å²) in [5, 5.41) is 13.2. The highest BCUT2D eigenvalue weighted by atomic mass is 35.5. The highest BCUT2D eigenvalue weighted by Crippen LogP contribution is 2.26. The number of aromatic nitrogens is 5. The number of anilines is 2. The van der Waals surface area contributed by atoms with E-state index in [9.17, 15) is 14.0 Å². The molecule has 0 spiro atoms. The lowest BCUT2D eigenvalue weighted by Crippen LogP contribution is -2.19. The largest absolute Gasteiger partial charge is 0.441 e. The van der Waals surface area contributed by atoms with Gasteiger partial charge in [-0.25, -0.2) is 14.5 Å². The zero-order valence-corrected chi connectivity index (χ0v) is 16.9. The molecule has 3 aromatic rings. The lowest BCUT2D eigenvalue weighted by atomic mass is 10.2. The molecular formula is C18H17ClFN7O3. The fourth-order valence-electron chi connectivity index (χ4n) is 2.55. The van der Waals surface area contributed by atoms with Gasteiger partial charge in [0.25, 0.3) is 0 Å². The Morgan fingerprint density at radius 2 is 2.00 bits per heavy atom. The maximum Gasteiger partial charge on any atom is 0.413 e. The summed E-state index contributed by atoms with van der Waals surface area (Å²) in [6.07, 6.45) is 0.800. The van der Waals surface area contributed by atoms with Crippen LogP contribution in [0.2, 0.25) is 5.02 Å². The molecule has 3 aromatic heterocycles. The van der Waals surface area contributed by atoms with E-state index in [2.05, 4.69) is 30.9 Å². The molecule has 1 atom stereocenters. The summed E-state index contributed by atoms with van der Waals surface area (Å²) >= 11 is 5.83. The van der Waals surface area contributed by atoms with Gasteiger partial charge in [0.05, 0.1) is 22.6 Å². The highest BCUT2D eigenvalue weighted by molar-refractivity contribution is 6.30. The zero-order valence-electron chi connectivity index (χ0n) is 16.2. The molecule has 0 saturated carbocycles. The molecule has 156 valence electrons. The number of nitrogens with one attached hydrogen (secondary N) is 2. The number of aryl methyl sites for hydroxylation is 1. The van der Waals surface area contributed by atoms with Crippen molar-refractivity contribution in [3.05, 3.63) is 47.1 Å². The summed E-state index contributed by atoms with van der Waals surface area (Å²) in [6.45, 7) is 2.87. The van der Waals surface area contributed by atoms with Crippen LogP contribution in [0.15, 0.2) is 30.6 Å². The summed E-state index contributed by atoms with van der Waals surface area (Å²) in [5.41, 5.74) is 1.24. The smallest absolute Gasteiger partial charge is 0.413 e. The molecule has 0 aliphatic carbocycles. The quantitative estimate of drug-likeness (QED) is 0.591. The van der Waals surface area contributed by atoms with Crippen LogP contribution in [-0.4, -0.2) is 37.0 Å². The summed E-state index contributed by atoms with van der Waals surface area (Å²) < 4.78 is 20.4. The summed E-state index contributed by atoms with van der Waals surface area (Å²) in [4.78, 5) is 31.2. The van der Waals surface area contributed by atoms with E-state index in [1.807, 2.05) is 0 Å². The molecule has 2 amide bonds. The fourth-order valence-corrected chi connectivity index (χ4v) is 2.72. The monoisotopic (exact) mass is 433 g/mol. The van der Waals surface area contributed by atoms with E-state index in [4.69, 9.17) is 16.3 Å². The maximum atomic E-state index is 13.9. The van der Waals surface area contributed by atoms with Crippen LogP contribution in [0.1, 0.15) is 25.5 Å². The topological polar surface area (TPSA) is 124 Å². The molecule has 10 nitrogen and oxygen atoms in total. The van der Waals surface area contributed by atoms with Gasteiger partial charge in [0, 0.05) is 25.7 Å². The average Bonchev–Trinajstić information content (AvgIpc) is 3.04. The van der Waals surface area contributed by atoms with Crippen molar-refractivity contribution in [2.24, 2.45) is 7.05 Å². The van der Waals surface area contributed by atoms with Crippen LogP contribution >= 0.6 is 11.6 Å². The molecule has 0 aromatic carbocycles. The van der Waals surface area contributed by atoms with Crippen molar-refractivity contribution in [2.45, 2.75) is 20.0 Å². The third kappa shape index (κ3) is 4.87. The summed E-state index contributed by atoms with van der Waals surface area (Å²) in [6, 6.07) is 4.58. The Morgan fingerprint density at radius 1 is 1.23 bits per heavy atom. The van der Waals surface area contributed by atoms with Crippen LogP contribution in [0.5, 0.6) is 0 Å². The molecule has 0 unspecified atom stereocenters. The number of carbonyl (C=O) groups is 2. The number of rotatable bonds is 5. The highest BCUT2D eigenvalue weighted by Gasteiger charge is 2.21. The van der Waals surface area contributed by atoms with Crippen LogP contribution < -0.4 is 10.6 Å². The standard InChI is InChI=1S/C18H17ClFN7O3/c1-9(13-6-11(19)7-22-16(13)20)30-18(29)24-17-15(25-26-27(17)3)14-5-4-12(8-21-14)23-10(2)28/h4-9H,1-3H3,(H,23,28)(H,24,29)/t9-/m1/s1. The van der Waals surface area contributed by atoms with Gasteiger partial charge in [-0.3, -0.25) is 15.1 Å². The Labute approximate surface area is 175 Å². The van der Waals surface area contributed by atoms with E-state index in [0.717, 1.165) is 6.20 Å². The second kappa shape index (κ2) is 8.82. The van der Waals surface area contributed by atoms with E-state index in [1.54, 1.807) is 19.2 Å². The molecule has 3 heterocycles. The van der Waals surface area contributed by atoms with Crippen LogP contribution in [0.4, 0.5) is 20.7 Å². The first-order valence-electron chi connectivity index (χ1n) is 8.67. The Morgan fingerprint density at radius 3 is 2.67 bits per heavy atom. The Kier molecular flexibility index (Phi) is 6.21. The molecule has 0 aliphatic rings. The number of hydrogen-bond acceptors (Lipinski definition) is 7. The van der Waals surface area contributed by atoms with Crippen molar-refractivity contribution in [3.8, 4) is 11.4 Å². The zero-order chi connectivity index (χ0) is 21.8. The summed E-state index contributed by atoms with van der Waals surface area (Å²) in [7, 11) is 1.57. The molecule has 2 N–H and O–H groups in total. The van der Waals surface area contributed by atoms with Gasteiger partial charge in [-0.1, -0.05) is 16.8 Å². The first-order chi connectivity index (χ1) is 14.2. The predicted molar refractivity (Wildman–Crippen MR) is 106 cm³/mol. The van der Waals surface area contributed by atoms with Gasteiger partial charge >= 0.3 is 6.09 Å². The van der Waals surface area contributed by atoms with Crippen molar-refractivity contribution >= 4 is 35.1 Å². The SMILES string of the molecule is CC(=O)Nc1ccc(-c2nnn(C)c2NC(=O)O[C@H](C)c2cc(Cl)cnc2F)nc1. The van der Waals surface area contributed by atoms with Gasteiger partial charge in [-0.15, -0.1) is 5.10 Å². The van der Waals surface area contributed by atoms with Crippen molar-refractivity contribution < 1.29 is 18.7 Å². The number of carbonyl (C=O) groups excluding carboxylic acids is 2. The van der Waals surface area contributed by atoms with Crippen LogP contribution in [0, 0.1) is 5.95 Å². The van der Waals surface area contributed by atoms with Gasteiger partial charge in [0.2, 0.25) is 11.9 Å². The molecule has 0 bridgehead atoms.